The lowest BCUT2D eigenvalue weighted by atomic mass is 9.98. The molecule has 25 heavy (non-hydrogen) atoms. The summed E-state index contributed by atoms with van der Waals surface area (Å²) in [6, 6.07) is 5.59. The number of halogens is 2. The highest BCUT2D eigenvalue weighted by Gasteiger charge is 2.19. The number of pyridine rings is 2. The molecule has 0 bridgehead atoms. The number of hydrogen-bond donors (Lipinski definition) is 2. The van der Waals surface area contributed by atoms with E-state index in [-0.39, 0.29) is 22.5 Å². The summed E-state index contributed by atoms with van der Waals surface area (Å²) in [4.78, 5) is 19.8. The fourth-order valence-electron chi connectivity index (χ4n) is 2.64. The number of nitrogens with two attached hydrogens (primary N) is 1. The molecule has 0 aliphatic heterocycles. The van der Waals surface area contributed by atoms with Crippen molar-refractivity contribution in [2.75, 3.05) is 12.3 Å². The number of nitrogen functional groups attached to an aromatic ring is 1. The lowest BCUT2D eigenvalue weighted by molar-refractivity contribution is 0.0950. The molecule has 2 aromatic heterocycles. The standard InChI is InChI=1S/C18H16F2N4O/c1-2-7-23-18(25)16-15(21)10-5-6-13(19)14(12(10)9-24-16)11-4-3-8-22-17(11)20/h3-6,8-9H,2,7,21H2,1H3,(H,23,25). The molecule has 0 fully saturated rings. The molecule has 0 saturated heterocycles. The second-order valence-corrected chi connectivity index (χ2v) is 5.50. The quantitative estimate of drug-likeness (QED) is 0.713. The first-order chi connectivity index (χ1) is 12.0. The molecule has 0 saturated carbocycles. The first-order valence-electron chi connectivity index (χ1n) is 7.80. The van der Waals surface area contributed by atoms with Crippen molar-refractivity contribution in [1.82, 2.24) is 15.3 Å². The second-order valence-electron chi connectivity index (χ2n) is 5.50. The van der Waals surface area contributed by atoms with E-state index in [4.69, 9.17) is 5.73 Å². The van der Waals surface area contributed by atoms with E-state index in [0.717, 1.165) is 6.42 Å². The zero-order valence-corrected chi connectivity index (χ0v) is 13.5. The van der Waals surface area contributed by atoms with E-state index in [2.05, 4.69) is 15.3 Å². The first-order valence-corrected chi connectivity index (χ1v) is 7.80. The number of anilines is 1. The molecular formula is C18H16F2N4O. The molecule has 5 nitrogen and oxygen atoms in total. The van der Waals surface area contributed by atoms with Gasteiger partial charge in [0, 0.05) is 40.8 Å². The van der Waals surface area contributed by atoms with Crippen molar-refractivity contribution in [3.05, 3.63) is 54.1 Å². The van der Waals surface area contributed by atoms with Crippen LogP contribution in [0.15, 0.2) is 36.7 Å². The van der Waals surface area contributed by atoms with Crippen LogP contribution in [-0.4, -0.2) is 22.4 Å². The number of amides is 1. The summed E-state index contributed by atoms with van der Waals surface area (Å²) in [7, 11) is 0. The Kier molecular flexibility index (Phi) is 4.56. The van der Waals surface area contributed by atoms with Crippen molar-refractivity contribution in [2.24, 2.45) is 0 Å². The van der Waals surface area contributed by atoms with E-state index in [1.807, 2.05) is 6.92 Å². The zero-order chi connectivity index (χ0) is 18.0. The fraction of sp³-hybridized carbons (Fsp3) is 0.167. The molecule has 0 spiro atoms. The molecule has 0 atom stereocenters. The lowest BCUT2D eigenvalue weighted by Gasteiger charge is -2.12. The highest BCUT2D eigenvalue weighted by atomic mass is 19.1. The highest BCUT2D eigenvalue weighted by Crippen LogP contribution is 2.35. The maximum absolute atomic E-state index is 14.4. The van der Waals surface area contributed by atoms with Gasteiger partial charge in [0.2, 0.25) is 5.95 Å². The van der Waals surface area contributed by atoms with Gasteiger partial charge in [-0.3, -0.25) is 4.79 Å². The van der Waals surface area contributed by atoms with E-state index < -0.39 is 17.7 Å². The molecule has 2 heterocycles. The largest absolute Gasteiger partial charge is 0.396 e. The highest BCUT2D eigenvalue weighted by molar-refractivity contribution is 6.09. The summed E-state index contributed by atoms with van der Waals surface area (Å²) in [5.74, 6) is -1.82. The number of carbonyl (C=O) groups excluding carboxylic acids is 1. The Morgan fingerprint density at radius 3 is 2.72 bits per heavy atom. The molecule has 1 aromatic carbocycles. The van der Waals surface area contributed by atoms with Crippen LogP contribution in [0.3, 0.4) is 0 Å². The molecule has 3 rings (SSSR count). The predicted molar refractivity (Wildman–Crippen MR) is 91.9 cm³/mol. The summed E-state index contributed by atoms with van der Waals surface area (Å²) in [5.41, 5.74) is 6.28. The van der Waals surface area contributed by atoms with Gasteiger partial charge in [-0.2, -0.15) is 4.39 Å². The lowest BCUT2D eigenvalue weighted by Crippen LogP contribution is -2.26. The van der Waals surface area contributed by atoms with Crippen molar-refractivity contribution in [3.8, 4) is 11.1 Å². The minimum atomic E-state index is -0.794. The van der Waals surface area contributed by atoms with Gasteiger partial charge in [0.15, 0.2) is 5.69 Å². The Labute approximate surface area is 142 Å². The van der Waals surface area contributed by atoms with Crippen LogP contribution in [0.5, 0.6) is 0 Å². The smallest absolute Gasteiger partial charge is 0.272 e. The van der Waals surface area contributed by atoms with Crippen LogP contribution < -0.4 is 11.1 Å². The number of rotatable bonds is 4. The SMILES string of the molecule is CCCNC(=O)c1ncc2c(-c3cccnc3F)c(F)ccc2c1N. The van der Waals surface area contributed by atoms with Gasteiger partial charge in [0.05, 0.1) is 5.69 Å². The predicted octanol–water partition coefficient (Wildman–Crippen LogP) is 3.30. The number of carbonyl (C=O) groups is 1. The molecule has 0 aliphatic rings. The molecule has 1 amide bonds. The number of hydrogen-bond acceptors (Lipinski definition) is 4. The summed E-state index contributed by atoms with van der Waals surface area (Å²) < 4.78 is 28.4. The number of benzene rings is 1. The molecular weight excluding hydrogens is 326 g/mol. The Morgan fingerprint density at radius 1 is 1.20 bits per heavy atom. The second kappa shape index (κ2) is 6.80. The summed E-state index contributed by atoms with van der Waals surface area (Å²) in [6.07, 6.45) is 3.39. The number of nitrogens with zero attached hydrogens (tertiary/aromatic N) is 2. The first kappa shape index (κ1) is 16.8. The molecule has 3 N–H and O–H groups in total. The van der Waals surface area contributed by atoms with Crippen LogP contribution in [0, 0.1) is 11.8 Å². The maximum Gasteiger partial charge on any atom is 0.272 e. The van der Waals surface area contributed by atoms with Crippen LogP contribution in [0.1, 0.15) is 23.8 Å². The van der Waals surface area contributed by atoms with E-state index in [9.17, 15) is 13.6 Å². The minimum absolute atomic E-state index is 0.00924. The average Bonchev–Trinajstić information content (AvgIpc) is 2.61. The number of fused-ring (bicyclic) bond motifs is 1. The molecule has 3 aromatic rings. The van der Waals surface area contributed by atoms with Crippen LogP contribution in [0.25, 0.3) is 21.9 Å². The van der Waals surface area contributed by atoms with Crippen molar-refractivity contribution >= 4 is 22.4 Å². The Hall–Kier alpha value is -3.09. The van der Waals surface area contributed by atoms with E-state index in [0.29, 0.717) is 17.3 Å². The van der Waals surface area contributed by atoms with Crippen molar-refractivity contribution in [2.45, 2.75) is 13.3 Å². The van der Waals surface area contributed by atoms with Crippen molar-refractivity contribution < 1.29 is 13.6 Å². The third-order valence-electron chi connectivity index (χ3n) is 3.84. The average molecular weight is 342 g/mol. The van der Waals surface area contributed by atoms with Crippen LogP contribution in [0.2, 0.25) is 0 Å². The van der Waals surface area contributed by atoms with Gasteiger partial charge >= 0.3 is 0 Å². The number of nitrogens with one attached hydrogen (secondary N) is 1. The van der Waals surface area contributed by atoms with Gasteiger partial charge in [-0.1, -0.05) is 6.92 Å². The number of aromatic nitrogens is 2. The zero-order valence-electron chi connectivity index (χ0n) is 13.5. The third-order valence-corrected chi connectivity index (χ3v) is 3.84. The summed E-state index contributed by atoms with van der Waals surface area (Å²) in [5, 5.41) is 3.44. The fourth-order valence-corrected chi connectivity index (χ4v) is 2.64. The Balaban J connectivity index is 2.21. The van der Waals surface area contributed by atoms with Gasteiger partial charge in [0.1, 0.15) is 5.82 Å². The maximum atomic E-state index is 14.4. The molecule has 7 heteroatoms. The Bertz CT molecular complexity index is 959. The van der Waals surface area contributed by atoms with Crippen molar-refractivity contribution in [3.63, 3.8) is 0 Å². The van der Waals surface area contributed by atoms with Gasteiger partial charge in [0.25, 0.3) is 5.91 Å². The molecule has 0 aliphatic carbocycles. The van der Waals surface area contributed by atoms with Crippen molar-refractivity contribution in [1.29, 1.82) is 0 Å². The third kappa shape index (κ3) is 3.00. The minimum Gasteiger partial charge on any atom is -0.396 e. The summed E-state index contributed by atoms with van der Waals surface area (Å²) >= 11 is 0. The topological polar surface area (TPSA) is 80.9 Å². The Morgan fingerprint density at radius 2 is 2.00 bits per heavy atom. The molecule has 0 unspecified atom stereocenters. The van der Waals surface area contributed by atoms with Crippen LogP contribution in [0.4, 0.5) is 14.5 Å². The van der Waals surface area contributed by atoms with Crippen LogP contribution in [-0.2, 0) is 0 Å². The van der Waals surface area contributed by atoms with E-state index in [1.165, 1.54) is 36.7 Å². The van der Waals surface area contributed by atoms with Gasteiger partial charge in [-0.15, -0.1) is 0 Å². The van der Waals surface area contributed by atoms with Gasteiger partial charge in [-0.25, -0.2) is 14.4 Å². The van der Waals surface area contributed by atoms with E-state index >= 15 is 0 Å². The summed E-state index contributed by atoms with van der Waals surface area (Å²) in [6.45, 7) is 2.42. The molecule has 128 valence electrons. The van der Waals surface area contributed by atoms with Gasteiger partial charge in [-0.05, 0) is 30.7 Å². The van der Waals surface area contributed by atoms with Crippen LogP contribution >= 0.6 is 0 Å². The van der Waals surface area contributed by atoms with Gasteiger partial charge < -0.3 is 11.1 Å². The molecule has 0 radical (unpaired) electrons. The van der Waals surface area contributed by atoms with E-state index in [1.54, 1.807) is 0 Å². The monoisotopic (exact) mass is 342 g/mol. The normalized spacial score (nSPS) is 10.8.